The third kappa shape index (κ3) is 2.29. The van der Waals surface area contributed by atoms with Crippen molar-refractivity contribution in [2.24, 2.45) is 0 Å². The van der Waals surface area contributed by atoms with E-state index >= 15 is 0 Å². The van der Waals surface area contributed by atoms with Crippen LogP contribution < -0.4 is 10.1 Å². The SMILES string of the molecule is COc1ccccc1[C@@H]1CC(=O)Nc2c1ccc(C)c2C. The van der Waals surface area contributed by atoms with E-state index in [1.165, 1.54) is 11.1 Å². The maximum absolute atomic E-state index is 12.1. The monoisotopic (exact) mass is 281 g/mol. The minimum Gasteiger partial charge on any atom is -0.496 e. The van der Waals surface area contributed by atoms with Gasteiger partial charge in [-0.1, -0.05) is 30.3 Å². The minimum absolute atomic E-state index is 0.0456. The molecule has 0 saturated carbocycles. The van der Waals surface area contributed by atoms with Gasteiger partial charge in [0, 0.05) is 23.6 Å². The molecule has 0 spiro atoms. The molecule has 1 heterocycles. The highest BCUT2D eigenvalue weighted by Crippen LogP contribution is 2.42. The summed E-state index contributed by atoms with van der Waals surface area (Å²) in [6, 6.07) is 12.2. The molecule has 1 amide bonds. The molecular weight excluding hydrogens is 262 g/mol. The van der Waals surface area contributed by atoms with Gasteiger partial charge < -0.3 is 10.1 Å². The molecule has 0 radical (unpaired) electrons. The predicted molar refractivity (Wildman–Crippen MR) is 84.0 cm³/mol. The number of rotatable bonds is 2. The summed E-state index contributed by atoms with van der Waals surface area (Å²) in [4.78, 5) is 12.1. The van der Waals surface area contributed by atoms with Crippen molar-refractivity contribution in [3.63, 3.8) is 0 Å². The fourth-order valence-corrected chi connectivity index (χ4v) is 3.01. The van der Waals surface area contributed by atoms with Crippen molar-refractivity contribution in [2.45, 2.75) is 26.2 Å². The first-order valence-corrected chi connectivity index (χ1v) is 7.14. The number of benzene rings is 2. The molecule has 3 heteroatoms. The van der Waals surface area contributed by atoms with Crippen LogP contribution in [0.15, 0.2) is 36.4 Å². The van der Waals surface area contributed by atoms with Crippen LogP contribution in [0.1, 0.15) is 34.6 Å². The van der Waals surface area contributed by atoms with Crippen molar-refractivity contribution in [2.75, 3.05) is 12.4 Å². The maximum Gasteiger partial charge on any atom is 0.225 e. The summed E-state index contributed by atoms with van der Waals surface area (Å²) in [5.41, 5.74) is 5.53. The van der Waals surface area contributed by atoms with Gasteiger partial charge in [0.15, 0.2) is 0 Å². The Balaban J connectivity index is 2.18. The molecule has 21 heavy (non-hydrogen) atoms. The van der Waals surface area contributed by atoms with Gasteiger partial charge in [-0.2, -0.15) is 0 Å². The summed E-state index contributed by atoms with van der Waals surface area (Å²) in [5.74, 6) is 0.942. The lowest BCUT2D eigenvalue weighted by atomic mass is 9.82. The Morgan fingerprint density at radius 3 is 2.62 bits per heavy atom. The van der Waals surface area contributed by atoms with Crippen LogP contribution in [-0.4, -0.2) is 13.0 Å². The standard InChI is InChI=1S/C18H19NO2/c1-11-8-9-14-15(10-17(20)19-18(14)12(11)2)13-6-4-5-7-16(13)21-3/h4-9,15H,10H2,1-3H3,(H,19,20)/t15-/m0/s1. The van der Waals surface area contributed by atoms with Gasteiger partial charge in [0.05, 0.1) is 7.11 Å². The first kappa shape index (κ1) is 13.7. The van der Waals surface area contributed by atoms with E-state index in [4.69, 9.17) is 4.74 Å². The molecule has 1 aliphatic heterocycles. The molecule has 1 N–H and O–H groups in total. The zero-order chi connectivity index (χ0) is 15.0. The molecule has 0 aliphatic carbocycles. The van der Waals surface area contributed by atoms with E-state index in [1.807, 2.05) is 24.3 Å². The Morgan fingerprint density at radius 2 is 1.86 bits per heavy atom. The van der Waals surface area contributed by atoms with Crippen molar-refractivity contribution in [1.29, 1.82) is 0 Å². The number of ether oxygens (including phenoxy) is 1. The Bertz CT molecular complexity index is 706. The van der Waals surface area contributed by atoms with Gasteiger partial charge in [-0.15, -0.1) is 0 Å². The number of fused-ring (bicyclic) bond motifs is 1. The van der Waals surface area contributed by atoms with E-state index in [2.05, 4.69) is 31.3 Å². The molecule has 1 atom stereocenters. The number of aryl methyl sites for hydroxylation is 1. The van der Waals surface area contributed by atoms with Crippen molar-refractivity contribution in [3.05, 3.63) is 58.7 Å². The summed E-state index contributed by atoms with van der Waals surface area (Å²) >= 11 is 0. The Hall–Kier alpha value is -2.29. The smallest absolute Gasteiger partial charge is 0.225 e. The Morgan fingerprint density at radius 1 is 1.10 bits per heavy atom. The van der Waals surface area contributed by atoms with E-state index in [9.17, 15) is 4.79 Å². The number of carbonyl (C=O) groups excluding carboxylic acids is 1. The number of carbonyl (C=O) groups is 1. The Kier molecular flexibility index (Phi) is 3.42. The zero-order valence-corrected chi connectivity index (χ0v) is 12.6. The highest BCUT2D eigenvalue weighted by Gasteiger charge is 2.29. The Labute approximate surface area is 124 Å². The molecular formula is C18H19NO2. The lowest BCUT2D eigenvalue weighted by Gasteiger charge is -2.29. The molecule has 1 aliphatic rings. The molecule has 0 saturated heterocycles. The molecule has 3 nitrogen and oxygen atoms in total. The summed E-state index contributed by atoms with van der Waals surface area (Å²) in [5, 5.41) is 3.03. The number of hydrogen-bond donors (Lipinski definition) is 1. The summed E-state index contributed by atoms with van der Waals surface area (Å²) in [6.07, 6.45) is 0.454. The largest absolute Gasteiger partial charge is 0.496 e. The second kappa shape index (κ2) is 5.24. The van der Waals surface area contributed by atoms with Crippen molar-refractivity contribution in [1.82, 2.24) is 0 Å². The normalized spacial score (nSPS) is 17.1. The van der Waals surface area contributed by atoms with Crippen LogP contribution in [-0.2, 0) is 4.79 Å². The number of methoxy groups -OCH3 is 1. The van der Waals surface area contributed by atoms with E-state index in [0.29, 0.717) is 6.42 Å². The van der Waals surface area contributed by atoms with Gasteiger partial charge in [0.1, 0.15) is 5.75 Å². The third-order valence-corrected chi connectivity index (χ3v) is 4.31. The fraction of sp³-hybridized carbons (Fsp3) is 0.278. The van der Waals surface area contributed by atoms with Gasteiger partial charge in [-0.05, 0) is 36.6 Å². The number of nitrogens with one attached hydrogen (secondary N) is 1. The van der Waals surface area contributed by atoms with Gasteiger partial charge in [0.25, 0.3) is 0 Å². The molecule has 0 bridgehead atoms. The summed E-state index contributed by atoms with van der Waals surface area (Å²) in [7, 11) is 1.67. The third-order valence-electron chi connectivity index (χ3n) is 4.31. The highest BCUT2D eigenvalue weighted by atomic mass is 16.5. The van der Waals surface area contributed by atoms with E-state index in [1.54, 1.807) is 7.11 Å². The van der Waals surface area contributed by atoms with Gasteiger partial charge in [0.2, 0.25) is 5.91 Å². The van der Waals surface area contributed by atoms with Crippen LogP contribution in [0.5, 0.6) is 5.75 Å². The lowest BCUT2D eigenvalue weighted by Crippen LogP contribution is -2.24. The molecule has 2 aromatic carbocycles. The van der Waals surface area contributed by atoms with Crippen LogP contribution in [0.3, 0.4) is 0 Å². The van der Waals surface area contributed by atoms with Crippen molar-refractivity contribution < 1.29 is 9.53 Å². The van der Waals surface area contributed by atoms with E-state index < -0.39 is 0 Å². The van der Waals surface area contributed by atoms with Gasteiger partial charge in [-0.25, -0.2) is 0 Å². The maximum atomic E-state index is 12.1. The number of para-hydroxylation sites is 1. The van der Waals surface area contributed by atoms with E-state index in [0.717, 1.165) is 22.6 Å². The van der Waals surface area contributed by atoms with Crippen LogP contribution in [0.4, 0.5) is 5.69 Å². The average Bonchev–Trinajstić information content (AvgIpc) is 2.50. The highest BCUT2D eigenvalue weighted by molar-refractivity contribution is 5.96. The van der Waals surface area contributed by atoms with E-state index in [-0.39, 0.29) is 11.8 Å². The molecule has 3 rings (SSSR count). The summed E-state index contributed by atoms with van der Waals surface area (Å²) < 4.78 is 5.47. The quantitative estimate of drug-likeness (QED) is 0.909. The second-order valence-electron chi connectivity index (χ2n) is 5.52. The van der Waals surface area contributed by atoms with Crippen LogP contribution >= 0.6 is 0 Å². The number of hydrogen-bond acceptors (Lipinski definition) is 2. The second-order valence-corrected chi connectivity index (χ2v) is 5.52. The molecule has 108 valence electrons. The van der Waals surface area contributed by atoms with Crippen LogP contribution in [0.25, 0.3) is 0 Å². The van der Waals surface area contributed by atoms with Crippen molar-refractivity contribution >= 4 is 11.6 Å². The average molecular weight is 281 g/mol. The fourth-order valence-electron chi connectivity index (χ4n) is 3.01. The first-order chi connectivity index (χ1) is 10.1. The van der Waals surface area contributed by atoms with Gasteiger partial charge in [-0.3, -0.25) is 4.79 Å². The molecule has 0 unspecified atom stereocenters. The van der Waals surface area contributed by atoms with Crippen molar-refractivity contribution in [3.8, 4) is 5.75 Å². The predicted octanol–water partition coefficient (Wildman–Crippen LogP) is 3.79. The molecule has 0 aromatic heterocycles. The number of anilines is 1. The zero-order valence-electron chi connectivity index (χ0n) is 12.6. The lowest BCUT2D eigenvalue weighted by molar-refractivity contribution is -0.116. The molecule has 2 aromatic rings. The minimum atomic E-state index is 0.0456. The van der Waals surface area contributed by atoms with Crippen LogP contribution in [0, 0.1) is 13.8 Å². The topological polar surface area (TPSA) is 38.3 Å². The summed E-state index contributed by atoms with van der Waals surface area (Å²) in [6.45, 7) is 4.12. The molecule has 0 fully saturated rings. The number of amides is 1. The first-order valence-electron chi connectivity index (χ1n) is 7.14. The van der Waals surface area contributed by atoms with Gasteiger partial charge >= 0.3 is 0 Å². The van der Waals surface area contributed by atoms with Crippen LogP contribution in [0.2, 0.25) is 0 Å².